The van der Waals surface area contributed by atoms with Crippen LogP contribution in [-0.2, 0) is 4.79 Å². The quantitative estimate of drug-likeness (QED) is 0.359. The first kappa shape index (κ1) is 17.7. The van der Waals surface area contributed by atoms with Crippen molar-refractivity contribution in [2.24, 2.45) is 5.10 Å². The fourth-order valence-corrected chi connectivity index (χ4v) is 2.44. The van der Waals surface area contributed by atoms with E-state index in [1.807, 2.05) is 32.0 Å². The summed E-state index contributed by atoms with van der Waals surface area (Å²) in [4.78, 5) is 22.4. The van der Waals surface area contributed by atoms with E-state index in [-0.39, 0.29) is 17.4 Å². The van der Waals surface area contributed by atoms with Crippen LogP contribution in [0.4, 0.5) is 5.82 Å². The van der Waals surface area contributed by atoms with Crippen molar-refractivity contribution in [3.63, 3.8) is 0 Å². The summed E-state index contributed by atoms with van der Waals surface area (Å²) in [5, 5.41) is 14.0. The Hall–Kier alpha value is -2.61. The number of hydrogen-bond donors (Lipinski definition) is 2. The molecule has 2 N–H and O–H groups in total. The maximum atomic E-state index is 11.8. The summed E-state index contributed by atoms with van der Waals surface area (Å²) < 4.78 is 0. The van der Waals surface area contributed by atoms with Gasteiger partial charge < -0.3 is 10.0 Å². The molecule has 0 aliphatic rings. The summed E-state index contributed by atoms with van der Waals surface area (Å²) in [5.74, 6) is 0.773. The van der Waals surface area contributed by atoms with Crippen LogP contribution < -0.4 is 10.3 Å². The van der Waals surface area contributed by atoms with Crippen molar-refractivity contribution in [3.05, 3.63) is 41.6 Å². The zero-order valence-corrected chi connectivity index (χ0v) is 14.5. The predicted octanol–water partition coefficient (Wildman–Crippen LogP) is 1.80. The number of amides is 1. The Morgan fingerprint density at radius 3 is 2.83 bits per heavy atom. The Balaban J connectivity index is 1.88. The molecule has 0 aliphatic heterocycles. The molecule has 0 fully saturated rings. The highest BCUT2D eigenvalue weighted by molar-refractivity contribution is 7.99. The number of carbonyl (C=O) groups is 1. The van der Waals surface area contributed by atoms with Crippen LogP contribution in [0, 0.1) is 6.92 Å². The molecule has 7 nitrogen and oxygen atoms in total. The first-order valence-electron chi connectivity index (χ1n) is 7.21. The van der Waals surface area contributed by atoms with Crippen molar-refractivity contribution in [3.8, 4) is 5.75 Å². The lowest BCUT2D eigenvalue weighted by Crippen LogP contribution is -2.20. The van der Waals surface area contributed by atoms with Gasteiger partial charge in [0.15, 0.2) is 5.16 Å². The number of para-hydroxylation sites is 1. The number of anilines is 1. The van der Waals surface area contributed by atoms with Gasteiger partial charge in [-0.15, -0.1) is 0 Å². The number of aryl methyl sites for hydroxylation is 1. The van der Waals surface area contributed by atoms with Crippen molar-refractivity contribution in [2.45, 2.75) is 12.1 Å². The number of aromatic hydroxyl groups is 1. The number of thioether (sulfide) groups is 1. The summed E-state index contributed by atoms with van der Waals surface area (Å²) in [6.07, 6.45) is 1.39. The van der Waals surface area contributed by atoms with Crippen LogP contribution >= 0.6 is 11.8 Å². The van der Waals surface area contributed by atoms with Gasteiger partial charge in [0.2, 0.25) is 0 Å². The number of rotatable bonds is 6. The Morgan fingerprint density at radius 2 is 2.12 bits per heavy atom. The molecule has 2 aromatic rings. The number of phenols is 1. The molecule has 8 heteroatoms. The van der Waals surface area contributed by atoms with E-state index in [1.165, 1.54) is 18.0 Å². The average molecular weight is 345 g/mol. The Kier molecular flexibility index (Phi) is 6.14. The van der Waals surface area contributed by atoms with Gasteiger partial charge in [-0.1, -0.05) is 23.9 Å². The molecule has 24 heavy (non-hydrogen) atoms. The first-order chi connectivity index (χ1) is 11.5. The molecular formula is C16H19N5O2S. The van der Waals surface area contributed by atoms with Gasteiger partial charge in [0.05, 0.1) is 12.0 Å². The molecule has 0 aliphatic carbocycles. The normalized spacial score (nSPS) is 10.8. The van der Waals surface area contributed by atoms with Crippen LogP contribution in [0.2, 0.25) is 0 Å². The summed E-state index contributed by atoms with van der Waals surface area (Å²) >= 11 is 1.24. The number of aromatic nitrogens is 2. The van der Waals surface area contributed by atoms with Gasteiger partial charge in [-0.25, -0.2) is 15.4 Å². The lowest BCUT2D eigenvalue weighted by atomic mass is 10.2. The second-order valence-electron chi connectivity index (χ2n) is 5.19. The van der Waals surface area contributed by atoms with Gasteiger partial charge in [0.25, 0.3) is 5.91 Å². The van der Waals surface area contributed by atoms with Crippen molar-refractivity contribution in [1.82, 2.24) is 15.4 Å². The fourth-order valence-electron chi connectivity index (χ4n) is 1.75. The van der Waals surface area contributed by atoms with Crippen molar-refractivity contribution >= 4 is 29.7 Å². The van der Waals surface area contributed by atoms with Crippen LogP contribution in [0.1, 0.15) is 11.3 Å². The van der Waals surface area contributed by atoms with E-state index < -0.39 is 0 Å². The minimum Gasteiger partial charge on any atom is -0.507 e. The number of benzene rings is 1. The molecule has 1 heterocycles. The highest BCUT2D eigenvalue weighted by atomic mass is 32.2. The third-order valence-corrected chi connectivity index (χ3v) is 3.79. The van der Waals surface area contributed by atoms with E-state index >= 15 is 0 Å². The molecule has 0 unspecified atom stereocenters. The maximum Gasteiger partial charge on any atom is 0.250 e. The molecular weight excluding hydrogens is 326 g/mol. The van der Waals surface area contributed by atoms with Gasteiger partial charge in [0.1, 0.15) is 11.6 Å². The van der Waals surface area contributed by atoms with Gasteiger partial charge >= 0.3 is 0 Å². The highest BCUT2D eigenvalue weighted by Gasteiger charge is 2.07. The van der Waals surface area contributed by atoms with Crippen LogP contribution in [0.25, 0.3) is 0 Å². The lowest BCUT2D eigenvalue weighted by molar-refractivity contribution is -0.118. The number of phenolic OH excluding ortho intramolecular Hbond substituents is 1. The summed E-state index contributed by atoms with van der Waals surface area (Å²) in [7, 11) is 3.80. The van der Waals surface area contributed by atoms with Gasteiger partial charge in [-0.2, -0.15) is 5.10 Å². The Labute approximate surface area is 144 Å². The van der Waals surface area contributed by atoms with E-state index in [4.69, 9.17) is 0 Å². The predicted molar refractivity (Wildman–Crippen MR) is 95.7 cm³/mol. The minimum atomic E-state index is -0.275. The zero-order valence-electron chi connectivity index (χ0n) is 13.7. The third-order valence-electron chi connectivity index (χ3n) is 2.94. The van der Waals surface area contributed by atoms with Gasteiger partial charge in [0, 0.05) is 31.4 Å². The second kappa shape index (κ2) is 8.30. The molecule has 0 bridgehead atoms. The number of hydrazone groups is 1. The molecule has 1 aromatic carbocycles. The molecule has 126 valence electrons. The maximum absolute atomic E-state index is 11.8. The van der Waals surface area contributed by atoms with E-state index in [1.54, 1.807) is 24.3 Å². The monoisotopic (exact) mass is 345 g/mol. The molecule has 2 rings (SSSR count). The van der Waals surface area contributed by atoms with Gasteiger partial charge in [-0.3, -0.25) is 4.79 Å². The van der Waals surface area contributed by atoms with Crippen LogP contribution in [-0.4, -0.2) is 47.0 Å². The van der Waals surface area contributed by atoms with Gasteiger partial charge in [-0.05, 0) is 19.1 Å². The minimum absolute atomic E-state index is 0.106. The summed E-state index contributed by atoms with van der Waals surface area (Å²) in [6, 6.07) is 8.61. The third kappa shape index (κ3) is 5.24. The van der Waals surface area contributed by atoms with Crippen LogP contribution in [0.5, 0.6) is 5.75 Å². The molecule has 1 amide bonds. The Morgan fingerprint density at radius 1 is 1.38 bits per heavy atom. The largest absolute Gasteiger partial charge is 0.507 e. The summed E-state index contributed by atoms with van der Waals surface area (Å²) in [5.41, 5.74) is 3.79. The summed E-state index contributed by atoms with van der Waals surface area (Å²) in [6.45, 7) is 1.88. The molecule has 0 radical (unpaired) electrons. The topological polar surface area (TPSA) is 90.7 Å². The number of carbonyl (C=O) groups excluding carboxylic acids is 1. The molecule has 0 atom stereocenters. The fraction of sp³-hybridized carbons (Fsp3) is 0.250. The smallest absolute Gasteiger partial charge is 0.250 e. The average Bonchev–Trinajstić information content (AvgIpc) is 2.54. The lowest BCUT2D eigenvalue weighted by Gasteiger charge is -2.12. The van der Waals surface area contributed by atoms with E-state index in [0.717, 1.165) is 11.5 Å². The van der Waals surface area contributed by atoms with E-state index in [2.05, 4.69) is 20.5 Å². The van der Waals surface area contributed by atoms with Crippen molar-refractivity contribution < 1.29 is 9.90 Å². The number of hydrogen-bond acceptors (Lipinski definition) is 7. The first-order valence-corrected chi connectivity index (χ1v) is 8.20. The number of nitrogens with zero attached hydrogens (tertiary/aromatic N) is 4. The van der Waals surface area contributed by atoms with Crippen molar-refractivity contribution in [2.75, 3.05) is 24.7 Å². The zero-order chi connectivity index (χ0) is 17.5. The van der Waals surface area contributed by atoms with Crippen LogP contribution in [0.15, 0.2) is 40.6 Å². The SMILES string of the molecule is Cc1cc(N(C)C)nc(SCC(=O)N/N=C/c2ccccc2O)n1. The number of nitrogens with one attached hydrogen (secondary N) is 1. The molecule has 0 spiro atoms. The standard InChI is InChI=1S/C16H19N5O2S/c1-11-8-14(21(2)3)19-16(18-11)24-10-15(23)20-17-9-12-6-4-5-7-13(12)22/h4-9,22H,10H2,1-3H3,(H,20,23)/b17-9+. The Bertz CT molecular complexity index is 749. The van der Waals surface area contributed by atoms with Crippen LogP contribution in [0.3, 0.4) is 0 Å². The van der Waals surface area contributed by atoms with Crippen molar-refractivity contribution in [1.29, 1.82) is 0 Å². The van der Waals surface area contributed by atoms with E-state index in [9.17, 15) is 9.90 Å². The highest BCUT2D eigenvalue weighted by Crippen LogP contribution is 2.17. The second-order valence-corrected chi connectivity index (χ2v) is 6.13. The molecule has 0 saturated heterocycles. The molecule has 0 saturated carbocycles. The molecule has 1 aromatic heterocycles. The van der Waals surface area contributed by atoms with E-state index in [0.29, 0.717) is 10.7 Å².